The lowest BCUT2D eigenvalue weighted by atomic mass is 10.2. The minimum Gasteiger partial charge on any atom is -0.378 e. The largest absolute Gasteiger partial charge is 0.378 e. The molecule has 1 aromatic heterocycles. The van der Waals surface area contributed by atoms with Gasteiger partial charge in [-0.25, -0.2) is 4.98 Å². The molecule has 8 heteroatoms. The predicted molar refractivity (Wildman–Crippen MR) is 115 cm³/mol. The predicted octanol–water partition coefficient (Wildman–Crippen LogP) is 2.52. The molecule has 2 aromatic carbocycles. The van der Waals surface area contributed by atoms with E-state index in [-0.39, 0.29) is 18.4 Å². The number of halogens is 1. The molecule has 3 aromatic rings. The Morgan fingerprint density at radius 1 is 1.10 bits per heavy atom. The van der Waals surface area contributed by atoms with Gasteiger partial charge in [0.1, 0.15) is 12.4 Å². The number of fused-ring (bicyclic) bond motifs is 1. The normalized spacial score (nSPS) is 14.1. The van der Waals surface area contributed by atoms with E-state index in [4.69, 9.17) is 16.3 Å². The molecule has 0 bridgehead atoms. The van der Waals surface area contributed by atoms with E-state index >= 15 is 0 Å². The topological polar surface area (TPSA) is 76.5 Å². The van der Waals surface area contributed by atoms with Crippen LogP contribution in [-0.4, -0.2) is 59.1 Å². The standard InChI is InChI=1S/C22H23ClN4O3/c23-17-5-3-4-16(14-17)22(29)24-9-8-20-25-18-6-1-2-7-19(18)27(20)15-21(28)26-10-12-30-13-11-26/h1-7,14H,8-13,15H2,(H,24,29). The van der Waals surface area contributed by atoms with Crippen LogP contribution in [0, 0.1) is 0 Å². The third-order valence-electron chi connectivity index (χ3n) is 5.11. The molecule has 2 heterocycles. The van der Waals surface area contributed by atoms with Crippen molar-refractivity contribution >= 4 is 34.4 Å². The molecular formula is C22H23ClN4O3. The summed E-state index contributed by atoms with van der Waals surface area (Å²) in [6, 6.07) is 14.6. The molecule has 1 aliphatic rings. The fourth-order valence-electron chi connectivity index (χ4n) is 3.56. The van der Waals surface area contributed by atoms with Crippen molar-refractivity contribution in [3.63, 3.8) is 0 Å². The summed E-state index contributed by atoms with van der Waals surface area (Å²) < 4.78 is 7.28. The summed E-state index contributed by atoms with van der Waals surface area (Å²) in [5.41, 5.74) is 2.26. The lowest BCUT2D eigenvalue weighted by Crippen LogP contribution is -2.42. The van der Waals surface area contributed by atoms with Crippen molar-refractivity contribution in [1.82, 2.24) is 19.8 Å². The molecule has 1 saturated heterocycles. The Hall–Kier alpha value is -2.90. The fourth-order valence-corrected chi connectivity index (χ4v) is 3.75. The van der Waals surface area contributed by atoms with Gasteiger partial charge in [-0.1, -0.05) is 29.8 Å². The van der Waals surface area contributed by atoms with Gasteiger partial charge in [0.25, 0.3) is 5.91 Å². The van der Waals surface area contributed by atoms with Crippen LogP contribution in [0.2, 0.25) is 5.02 Å². The van der Waals surface area contributed by atoms with E-state index in [2.05, 4.69) is 10.3 Å². The van der Waals surface area contributed by atoms with Gasteiger partial charge in [0.15, 0.2) is 0 Å². The highest BCUT2D eigenvalue weighted by Gasteiger charge is 2.20. The number of benzene rings is 2. The summed E-state index contributed by atoms with van der Waals surface area (Å²) in [5.74, 6) is 0.624. The number of aromatic nitrogens is 2. The molecule has 0 aliphatic carbocycles. The van der Waals surface area contributed by atoms with Gasteiger partial charge < -0.3 is 19.5 Å². The molecule has 0 atom stereocenters. The van der Waals surface area contributed by atoms with Crippen LogP contribution in [-0.2, 0) is 22.5 Å². The van der Waals surface area contributed by atoms with Gasteiger partial charge in [-0.2, -0.15) is 0 Å². The molecule has 0 saturated carbocycles. The van der Waals surface area contributed by atoms with Crippen LogP contribution >= 0.6 is 11.6 Å². The molecule has 4 rings (SSSR count). The Morgan fingerprint density at radius 2 is 1.90 bits per heavy atom. The molecule has 7 nitrogen and oxygen atoms in total. The summed E-state index contributed by atoms with van der Waals surface area (Å²) in [7, 11) is 0. The van der Waals surface area contributed by atoms with E-state index in [1.54, 1.807) is 24.3 Å². The minimum absolute atomic E-state index is 0.0469. The summed E-state index contributed by atoms with van der Waals surface area (Å²) in [4.78, 5) is 31.7. The molecule has 0 spiro atoms. The van der Waals surface area contributed by atoms with Crippen LogP contribution in [0.1, 0.15) is 16.2 Å². The quantitative estimate of drug-likeness (QED) is 0.657. The van der Waals surface area contributed by atoms with E-state index in [1.807, 2.05) is 33.7 Å². The van der Waals surface area contributed by atoms with Crippen LogP contribution in [0.3, 0.4) is 0 Å². The highest BCUT2D eigenvalue weighted by Crippen LogP contribution is 2.17. The number of imidazole rings is 1. The first-order valence-electron chi connectivity index (χ1n) is 9.95. The number of para-hydroxylation sites is 2. The summed E-state index contributed by atoms with van der Waals surface area (Å²) in [6.07, 6.45) is 0.511. The molecule has 2 amide bonds. The van der Waals surface area contributed by atoms with E-state index in [9.17, 15) is 9.59 Å². The Bertz CT molecular complexity index is 1060. The number of ether oxygens (including phenoxy) is 1. The first-order valence-corrected chi connectivity index (χ1v) is 10.3. The van der Waals surface area contributed by atoms with Crippen molar-refractivity contribution in [3.8, 4) is 0 Å². The Balaban J connectivity index is 1.47. The van der Waals surface area contributed by atoms with Gasteiger partial charge >= 0.3 is 0 Å². The number of hydrogen-bond donors (Lipinski definition) is 1. The number of amides is 2. The zero-order valence-electron chi connectivity index (χ0n) is 16.5. The maximum absolute atomic E-state index is 12.8. The zero-order valence-corrected chi connectivity index (χ0v) is 17.3. The third kappa shape index (κ3) is 4.63. The van der Waals surface area contributed by atoms with Crippen molar-refractivity contribution < 1.29 is 14.3 Å². The van der Waals surface area contributed by atoms with E-state index in [0.29, 0.717) is 49.9 Å². The van der Waals surface area contributed by atoms with Gasteiger partial charge in [-0.05, 0) is 30.3 Å². The van der Waals surface area contributed by atoms with Gasteiger partial charge in [-0.3, -0.25) is 9.59 Å². The highest BCUT2D eigenvalue weighted by atomic mass is 35.5. The Kier molecular flexibility index (Phi) is 6.30. The molecule has 156 valence electrons. The average Bonchev–Trinajstić information content (AvgIpc) is 3.11. The van der Waals surface area contributed by atoms with Crippen LogP contribution in [0.4, 0.5) is 0 Å². The van der Waals surface area contributed by atoms with Crippen molar-refractivity contribution in [3.05, 3.63) is 64.9 Å². The summed E-state index contributed by atoms with van der Waals surface area (Å²) >= 11 is 5.96. The molecular weight excluding hydrogens is 404 g/mol. The molecule has 30 heavy (non-hydrogen) atoms. The maximum atomic E-state index is 12.8. The van der Waals surface area contributed by atoms with Crippen LogP contribution in [0.25, 0.3) is 11.0 Å². The lowest BCUT2D eigenvalue weighted by Gasteiger charge is -2.27. The number of morpholine rings is 1. The monoisotopic (exact) mass is 426 g/mol. The Labute approximate surface area is 179 Å². The first-order chi connectivity index (χ1) is 14.6. The second kappa shape index (κ2) is 9.28. The zero-order chi connectivity index (χ0) is 20.9. The third-order valence-corrected chi connectivity index (χ3v) is 5.35. The number of rotatable bonds is 6. The Morgan fingerprint density at radius 3 is 2.70 bits per heavy atom. The molecule has 1 N–H and O–H groups in total. The summed E-state index contributed by atoms with van der Waals surface area (Å²) in [5, 5.41) is 3.42. The average molecular weight is 427 g/mol. The van der Waals surface area contributed by atoms with Crippen LogP contribution < -0.4 is 5.32 Å². The smallest absolute Gasteiger partial charge is 0.251 e. The summed E-state index contributed by atoms with van der Waals surface area (Å²) in [6.45, 7) is 2.98. The molecule has 1 aliphatic heterocycles. The first kappa shape index (κ1) is 20.4. The highest BCUT2D eigenvalue weighted by molar-refractivity contribution is 6.30. The van der Waals surface area contributed by atoms with Crippen molar-refractivity contribution in [2.75, 3.05) is 32.8 Å². The number of hydrogen-bond acceptors (Lipinski definition) is 4. The minimum atomic E-state index is -0.190. The number of carbonyl (C=O) groups is 2. The van der Waals surface area contributed by atoms with Gasteiger partial charge in [0.2, 0.25) is 5.91 Å². The SMILES string of the molecule is O=C(NCCc1nc2ccccc2n1CC(=O)N1CCOCC1)c1cccc(Cl)c1. The lowest BCUT2D eigenvalue weighted by molar-refractivity contribution is -0.135. The van der Waals surface area contributed by atoms with Crippen molar-refractivity contribution in [1.29, 1.82) is 0 Å². The molecule has 0 unspecified atom stereocenters. The van der Waals surface area contributed by atoms with Gasteiger partial charge in [0, 0.05) is 36.6 Å². The van der Waals surface area contributed by atoms with Crippen LogP contribution in [0.15, 0.2) is 48.5 Å². The second-order valence-corrected chi connectivity index (χ2v) is 7.55. The van der Waals surface area contributed by atoms with Crippen LogP contribution in [0.5, 0.6) is 0 Å². The number of nitrogens with one attached hydrogen (secondary N) is 1. The number of carbonyl (C=O) groups excluding carboxylic acids is 2. The van der Waals surface area contributed by atoms with Crippen molar-refractivity contribution in [2.24, 2.45) is 0 Å². The molecule has 0 radical (unpaired) electrons. The number of nitrogens with zero attached hydrogens (tertiary/aromatic N) is 3. The van der Waals surface area contributed by atoms with E-state index < -0.39 is 0 Å². The maximum Gasteiger partial charge on any atom is 0.251 e. The van der Waals surface area contributed by atoms with Gasteiger partial charge in [-0.15, -0.1) is 0 Å². The molecule has 1 fully saturated rings. The van der Waals surface area contributed by atoms with Gasteiger partial charge in [0.05, 0.1) is 24.2 Å². The second-order valence-electron chi connectivity index (χ2n) is 7.11. The van der Waals surface area contributed by atoms with E-state index in [1.165, 1.54) is 0 Å². The van der Waals surface area contributed by atoms with E-state index in [0.717, 1.165) is 16.9 Å². The fraction of sp³-hybridized carbons (Fsp3) is 0.318. The van der Waals surface area contributed by atoms with Crippen molar-refractivity contribution in [2.45, 2.75) is 13.0 Å².